The highest BCUT2D eigenvalue weighted by atomic mass is 79.9. The number of nitrogens with two attached hydrogens (primary N) is 1. The molecule has 2 aromatic heterocycles. The predicted molar refractivity (Wildman–Crippen MR) is 101 cm³/mol. The number of para-hydroxylation sites is 2. The molecule has 2 N–H and O–H groups in total. The molecule has 0 amide bonds. The summed E-state index contributed by atoms with van der Waals surface area (Å²) in [7, 11) is 0. The summed E-state index contributed by atoms with van der Waals surface area (Å²) < 4.78 is 1.02. The fourth-order valence-corrected chi connectivity index (χ4v) is 2.68. The number of nitrogen functional groups attached to an aromatic ring is 1. The Kier molecular flexibility index (Phi) is 4.74. The number of rotatable bonds is 0. The molecular weight excluding hydrogens is 374 g/mol. The van der Waals surface area contributed by atoms with Gasteiger partial charge in [-0.3, -0.25) is 9.97 Å². The second-order valence-electron chi connectivity index (χ2n) is 4.88. The van der Waals surface area contributed by atoms with E-state index < -0.39 is 0 Å². The standard InChI is InChI=1S/C9H6BrN.C9H7ClN2/c10-8-5-7-3-1-2-4-9(7)11-6-8;10-7-5-12-8-4-2-1-3-6(8)9(7)11/h1-6H;1-5H,(H2,11,12). The first kappa shape index (κ1) is 15.7. The van der Waals surface area contributed by atoms with Gasteiger partial charge in [0.05, 0.1) is 21.7 Å². The molecule has 5 heteroatoms. The molecular formula is C18H13BrClN3. The molecule has 0 aliphatic heterocycles. The quantitative estimate of drug-likeness (QED) is 0.436. The Balaban J connectivity index is 0.000000136. The molecule has 4 aromatic rings. The first-order valence-corrected chi connectivity index (χ1v) is 8.11. The Labute approximate surface area is 147 Å². The van der Waals surface area contributed by atoms with Gasteiger partial charge in [-0.1, -0.05) is 48.0 Å². The van der Waals surface area contributed by atoms with Gasteiger partial charge in [0.2, 0.25) is 0 Å². The SMILES string of the molecule is Brc1cnc2ccccc2c1.Nc1c(Cl)cnc2ccccc12. The lowest BCUT2D eigenvalue weighted by molar-refractivity contribution is 1.39. The molecule has 2 aromatic carbocycles. The van der Waals surface area contributed by atoms with E-state index in [0.717, 1.165) is 20.9 Å². The molecule has 0 fully saturated rings. The third-order valence-electron chi connectivity index (χ3n) is 3.33. The average molecular weight is 387 g/mol. The predicted octanol–water partition coefficient (Wildman–Crippen LogP) is 5.47. The maximum atomic E-state index is 5.80. The Morgan fingerprint density at radius 2 is 1.52 bits per heavy atom. The average Bonchev–Trinajstić information content (AvgIpc) is 2.59. The van der Waals surface area contributed by atoms with Crippen LogP contribution < -0.4 is 5.73 Å². The lowest BCUT2D eigenvalue weighted by atomic mass is 10.2. The third kappa shape index (κ3) is 3.60. The van der Waals surface area contributed by atoms with Crippen LogP contribution in [0.5, 0.6) is 0 Å². The van der Waals surface area contributed by atoms with E-state index in [1.165, 1.54) is 5.39 Å². The summed E-state index contributed by atoms with van der Waals surface area (Å²) >= 11 is 9.17. The molecule has 0 atom stereocenters. The number of halogens is 2. The molecule has 114 valence electrons. The topological polar surface area (TPSA) is 51.8 Å². The van der Waals surface area contributed by atoms with E-state index in [0.29, 0.717) is 10.7 Å². The van der Waals surface area contributed by atoms with Gasteiger partial charge in [0.15, 0.2) is 0 Å². The summed E-state index contributed by atoms with van der Waals surface area (Å²) in [5.41, 5.74) is 8.26. The number of pyridine rings is 2. The summed E-state index contributed by atoms with van der Waals surface area (Å²) in [4.78, 5) is 8.36. The third-order valence-corrected chi connectivity index (χ3v) is 4.06. The van der Waals surface area contributed by atoms with Crippen molar-refractivity contribution in [2.24, 2.45) is 0 Å². The molecule has 0 unspecified atom stereocenters. The minimum Gasteiger partial charge on any atom is -0.397 e. The Morgan fingerprint density at radius 3 is 2.35 bits per heavy atom. The number of fused-ring (bicyclic) bond motifs is 2. The molecule has 3 nitrogen and oxygen atoms in total. The van der Waals surface area contributed by atoms with Crippen molar-refractivity contribution in [3.05, 3.63) is 76.5 Å². The number of hydrogen-bond acceptors (Lipinski definition) is 3. The van der Waals surface area contributed by atoms with Gasteiger partial charge in [-0.2, -0.15) is 0 Å². The van der Waals surface area contributed by atoms with Gasteiger partial charge in [-0.25, -0.2) is 0 Å². The van der Waals surface area contributed by atoms with Crippen molar-refractivity contribution in [2.75, 3.05) is 5.73 Å². The van der Waals surface area contributed by atoms with Crippen LogP contribution in [-0.4, -0.2) is 9.97 Å². The van der Waals surface area contributed by atoms with E-state index in [4.69, 9.17) is 17.3 Å². The zero-order chi connectivity index (χ0) is 16.2. The lowest BCUT2D eigenvalue weighted by Gasteiger charge is -2.01. The maximum absolute atomic E-state index is 5.80. The summed E-state index contributed by atoms with van der Waals surface area (Å²) in [5.74, 6) is 0. The molecule has 4 rings (SSSR count). The van der Waals surface area contributed by atoms with Crippen LogP contribution in [0.1, 0.15) is 0 Å². The van der Waals surface area contributed by atoms with Gasteiger partial charge in [-0.05, 0) is 34.1 Å². The monoisotopic (exact) mass is 385 g/mol. The van der Waals surface area contributed by atoms with E-state index in [2.05, 4.69) is 32.0 Å². The van der Waals surface area contributed by atoms with E-state index in [1.807, 2.05) is 54.7 Å². The van der Waals surface area contributed by atoms with Crippen molar-refractivity contribution in [1.29, 1.82) is 0 Å². The van der Waals surface area contributed by atoms with Gasteiger partial charge in [0.1, 0.15) is 0 Å². The molecule has 23 heavy (non-hydrogen) atoms. The van der Waals surface area contributed by atoms with Crippen molar-refractivity contribution < 1.29 is 0 Å². The van der Waals surface area contributed by atoms with Gasteiger partial charge >= 0.3 is 0 Å². The number of anilines is 1. The molecule has 0 spiro atoms. The Morgan fingerprint density at radius 1 is 0.870 bits per heavy atom. The van der Waals surface area contributed by atoms with E-state index in [9.17, 15) is 0 Å². The highest BCUT2D eigenvalue weighted by Gasteiger charge is 2.01. The van der Waals surface area contributed by atoms with Crippen LogP contribution in [0.25, 0.3) is 21.8 Å². The number of aromatic nitrogens is 2. The second-order valence-corrected chi connectivity index (χ2v) is 6.21. The van der Waals surface area contributed by atoms with Crippen LogP contribution in [0.3, 0.4) is 0 Å². The van der Waals surface area contributed by atoms with Crippen molar-refractivity contribution in [1.82, 2.24) is 9.97 Å². The first-order valence-electron chi connectivity index (χ1n) is 6.94. The van der Waals surface area contributed by atoms with Gasteiger partial charge in [0.25, 0.3) is 0 Å². The maximum Gasteiger partial charge on any atom is 0.0825 e. The molecule has 0 aliphatic rings. The smallest absolute Gasteiger partial charge is 0.0825 e. The largest absolute Gasteiger partial charge is 0.397 e. The number of nitrogens with zero attached hydrogens (tertiary/aromatic N) is 2. The zero-order valence-electron chi connectivity index (χ0n) is 12.1. The second kappa shape index (κ2) is 6.94. The fourth-order valence-electron chi connectivity index (χ4n) is 2.18. The summed E-state index contributed by atoms with van der Waals surface area (Å²) in [6, 6.07) is 17.8. The first-order chi connectivity index (χ1) is 11.1. The number of benzene rings is 2. The highest BCUT2D eigenvalue weighted by Crippen LogP contribution is 2.25. The fraction of sp³-hybridized carbons (Fsp3) is 0. The van der Waals surface area contributed by atoms with Crippen LogP contribution in [-0.2, 0) is 0 Å². The Bertz CT molecular complexity index is 972. The summed E-state index contributed by atoms with van der Waals surface area (Å²) in [6.45, 7) is 0. The lowest BCUT2D eigenvalue weighted by Crippen LogP contribution is -1.89. The van der Waals surface area contributed by atoms with E-state index >= 15 is 0 Å². The molecule has 0 saturated carbocycles. The van der Waals surface area contributed by atoms with Gasteiger partial charge in [-0.15, -0.1) is 0 Å². The van der Waals surface area contributed by atoms with Crippen LogP contribution in [0.4, 0.5) is 5.69 Å². The number of hydrogen-bond donors (Lipinski definition) is 1. The van der Waals surface area contributed by atoms with Crippen molar-refractivity contribution in [3.8, 4) is 0 Å². The zero-order valence-corrected chi connectivity index (χ0v) is 14.4. The Hall–Kier alpha value is -2.17. The van der Waals surface area contributed by atoms with Crippen LogP contribution in [0.2, 0.25) is 5.02 Å². The van der Waals surface area contributed by atoms with Crippen LogP contribution in [0.15, 0.2) is 71.5 Å². The summed E-state index contributed by atoms with van der Waals surface area (Å²) in [5, 5.41) is 2.58. The van der Waals surface area contributed by atoms with Crippen LogP contribution >= 0.6 is 27.5 Å². The molecule has 0 saturated heterocycles. The molecule has 2 heterocycles. The molecule has 0 radical (unpaired) electrons. The molecule has 0 aliphatic carbocycles. The summed E-state index contributed by atoms with van der Waals surface area (Å²) in [6.07, 6.45) is 3.38. The minimum atomic E-state index is 0.508. The van der Waals surface area contributed by atoms with Gasteiger partial charge < -0.3 is 5.73 Å². The van der Waals surface area contributed by atoms with Crippen molar-refractivity contribution >= 4 is 55.0 Å². The molecule has 0 bridgehead atoms. The van der Waals surface area contributed by atoms with E-state index in [-0.39, 0.29) is 0 Å². The van der Waals surface area contributed by atoms with Crippen molar-refractivity contribution in [3.63, 3.8) is 0 Å². The van der Waals surface area contributed by atoms with Crippen LogP contribution in [0, 0.1) is 0 Å². The van der Waals surface area contributed by atoms with E-state index in [1.54, 1.807) is 6.20 Å². The highest BCUT2D eigenvalue weighted by molar-refractivity contribution is 9.10. The normalized spacial score (nSPS) is 10.3. The van der Waals surface area contributed by atoms with Crippen molar-refractivity contribution in [2.45, 2.75) is 0 Å². The van der Waals surface area contributed by atoms with Gasteiger partial charge in [0, 0.05) is 27.6 Å². The minimum absolute atomic E-state index is 0.508.